The minimum absolute atomic E-state index is 0.0486. The van der Waals surface area contributed by atoms with E-state index >= 15 is 0 Å². The lowest BCUT2D eigenvalue weighted by Crippen LogP contribution is -2.55. The number of Topliss-reactive ketones (excluding diaryl/α,β-unsaturated/α-hetero) is 1. The second-order valence-electron chi connectivity index (χ2n) is 4.20. The lowest BCUT2D eigenvalue weighted by molar-refractivity contribution is 0.103. The third-order valence-corrected chi connectivity index (χ3v) is 4.25. The summed E-state index contributed by atoms with van der Waals surface area (Å²) in [5.41, 5.74) is 11.9. The molecule has 0 saturated heterocycles. The topological polar surface area (TPSA) is 69.1 Å². The van der Waals surface area contributed by atoms with Crippen LogP contribution in [0.1, 0.15) is 10.4 Å². The zero-order valence-electron chi connectivity index (χ0n) is 9.44. The quantitative estimate of drug-likeness (QED) is 0.476. The summed E-state index contributed by atoms with van der Waals surface area (Å²) in [7, 11) is 0. The van der Waals surface area contributed by atoms with Gasteiger partial charge >= 0.3 is 0 Å². The van der Waals surface area contributed by atoms with Crippen molar-refractivity contribution in [3.05, 3.63) is 58.1 Å². The predicted octanol–water partition coefficient (Wildman–Crippen LogP) is 2.51. The molecule has 0 spiro atoms. The van der Waals surface area contributed by atoms with Gasteiger partial charge in [-0.05, 0) is 18.2 Å². The van der Waals surface area contributed by atoms with Gasteiger partial charge in [-0.3, -0.25) is 4.79 Å². The van der Waals surface area contributed by atoms with Crippen LogP contribution in [0, 0.1) is 0 Å². The molecule has 0 fully saturated rings. The van der Waals surface area contributed by atoms with E-state index in [0.717, 1.165) is 4.47 Å². The van der Waals surface area contributed by atoms with Crippen LogP contribution in [0.15, 0.2) is 52.5 Å². The molecule has 0 bridgehead atoms. The van der Waals surface area contributed by atoms with E-state index in [9.17, 15) is 4.79 Å². The van der Waals surface area contributed by atoms with Gasteiger partial charge in [0.2, 0.25) is 0 Å². The normalized spacial score (nSPS) is 21.6. The molecule has 3 nitrogen and oxygen atoms in total. The number of nitrogens with two attached hydrogens (primary N) is 2. The second-order valence-corrected chi connectivity index (χ2v) is 6.10. The Labute approximate surface area is 122 Å². The minimum atomic E-state index is -0.957. The Morgan fingerprint density at radius 2 is 2.06 bits per heavy atom. The number of carbonyl (C=O) groups excluding carboxylic acids is 1. The van der Waals surface area contributed by atoms with Crippen molar-refractivity contribution in [2.24, 2.45) is 11.5 Å². The highest BCUT2D eigenvalue weighted by Crippen LogP contribution is 2.24. The maximum atomic E-state index is 12.3. The Morgan fingerprint density at radius 1 is 1.33 bits per heavy atom. The fourth-order valence-corrected chi connectivity index (χ4v) is 2.47. The molecular weight excluding hydrogens is 360 g/mol. The first-order valence-electron chi connectivity index (χ1n) is 5.33. The van der Waals surface area contributed by atoms with Crippen molar-refractivity contribution in [3.8, 4) is 0 Å². The highest BCUT2D eigenvalue weighted by atomic mass is 79.9. The number of allylic oxidation sites excluding steroid dienone is 2. The number of alkyl halides is 1. The van der Waals surface area contributed by atoms with Crippen molar-refractivity contribution in [2.75, 3.05) is 0 Å². The van der Waals surface area contributed by atoms with Crippen LogP contribution in [0.2, 0.25) is 0 Å². The molecule has 1 aromatic carbocycles. The number of hydrogen-bond acceptors (Lipinski definition) is 3. The fraction of sp³-hybridized carbons (Fsp3) is 0.154. The Morgan fingerprint density at radius 3 is 2.67 bits per heavy atom. The molecule has 4 N–H and O–H groups in total. The Kier molecular flexibility index (Phi) is 3.87. The van der Waals surface area contributed by atoms with Gasteiger partial charge < -0.3 is 11.5 Å². The van der Waals surface area contributed by atoms with Crippen molar-refractivity contribution in [1.82, 2.24) is 0 Å². The van der Waals surface area contributed by atoms with Crippen LogP contribution < -0.4 is 11.5 Å². The van der Waals surface area contributed by atoms with Crippen molar-refractivity contribution in [1.29, 1.82) is 0 Å². The Hall–Kier alpha value is -0.750. The average molecular weight is 372 g/mol. The van der Waals surface area contributed by atoms with Crippen LogP contribution in [0.5, 0.6) is 0 Å². The standard InChI is InChI=1S/C13H12Br2N2O/c14-10-3-1-2-8(6-10)12(18)9-4-5-13(16,17)11(15)7-9/h1-7,11H,16-17H2. The zero-order chi connectivity index (χ0) is 13.3. The molecule has 1 aliphatic rings. The van der Waals surface area contributed by atoms with Crippen LogP contribution in [-0.4, -0.2) is 16.3 Å². The lowest BCUT2D eigenvalue weighted by atomic mass is 9.93. The van der Waals surface area contributed by atoms with Crippen molar-refractivity contribution < 1.29 is 4.79 Å². The molecular formula is C13H12Br2N2O. The summed E-state index contributed by atoms with van der Waals surface area (Å²) in [5.74, 6) is -0.0486. The summed E-state index contributed by atoms with van der Waals surface area (Å²) in [4.78, 5) is 12.0. The number of ketones is 1. The molecule has 0 heterocycles. The SMILES string of the molecule is NC1(N)C=CC(C(=O)c2cccc(Br)c2)=CC1Br. The summed E-state index contributed by atoms with van der Waals surface area (Å²) < 4.78 is 0.871. The van der Waals surface area contributed by atoms with Crippen molar-refractivity contribution in [3.63, 3.8) is 0 Å². The number of benzene rings is 1. The first-order valence-corrected chi connectivity index (χ1v) is 7.04. The molecule has 1 atom stereocenters. The highest BCUT2D eigenvalue weighted by Gasteiger charge is 2.29. The van der Waals surface area contributed by atoms with Crippen LogP contribution in [0.3, 0.4) is 0 Å². The Balaban J connectivity index is 2.29. The molecule has 2 rings (SSSR count). The molecule has 0 amide bonds. The van der Waals surface area contributed by atoms with E-state index in [1.807, 2.05) is 12.1 Å². The number of hydrogen-bond donors (Lipinski definition) is 2. The summed E-state index contributed by atoms with van der Waals surface area (Å²) in [6, 6.07) is 7.26. The molecule has 1 aromatic rings. The predicted molar refractivity (Wildman–Crippen MR) is 79.5 cm³/mol. The summed E-state index contributed by atoms with van der Waals surface area (Å²) in [5, 5.41) is 0. The van der Waals surface area contributed by atoms with Crippen LogP contribution in [0.4, 0.5) is 0 Å². The van der Waals surface area contributed by atoms with Gasteiger partial charge in [0.1, 0.15) is 0 Å². The van der Waals surface area contributed by atoms with Crippen LogP contribution in [-0.2, 0) is 0 Å². The van der Waals surface area contributed by atoms with Gasteiger partial charge in [0.05, 0.1) is 10.5 Å². The van der Waals surface area contributed by atoms with Gasteiger partial charge in [-0.15, -0.1) is 0 Å². The van der Waals surface area contributed by atoms with E-state index in [1.54, 1.807) is 30.4 Å². The molecule has 0 aliphatic heterocycles. The number of halogens is 2. The molecule has 1 unspecified atom stereocenters. The molecule has 0 radical (unpaired) electrons. The molecule has 18 heavy (non-hydrogen) atoms. The maximum Gasteiger partial charge on any atom is 0.192 e. The molecule has 94 valence electrons. The largest absolute Gasteiger partial charge is 0.309 e. The summed E-state index contributed by atoms with van der Waals surface area (Å²) in [6.07, 6.45) is 5.04. The van der Waals surface area contributed by atoms with E-state index < -0.39 is 5.66 Å². The maximum absolute atomic E-state index is 12.3. The van der Waals surface area contributed by atoms with E-state index in [4.69, 9.17) is 11.5 Å². The third-order valence-electron chi connectivity index (χ3n) is 2.70. The third kappa shape index (κ3) is 2.80. The average Bonchev–Trinajstić information content (AvgIpc) is 2.32. The monoisotopic (exact) mass is 370 g/mol. The molecule has 0 aromatic heterocycles. The first-order chi connectivity index (χ1) is 8.40. The van der Waals surface area contributed by atoms with Gasteiger partial charge in [0.25, 0.3) is 0 Å². The van der Waals surface area contributed by atoms with E-state index in [0.29, 0.717) is 11.1 Å². The molecule has 0 saturated carbocycles. The van der Waals surface area contributed by atoms with Gasteiger partial charge in [-0.25, -0.2) is 0 Å². The Bertz CT molecular complexity index is 550. The van der Waals surface area contributed by atoms with Crippen LogP contribution in [0.25, 0.3) is 0 Å². The summed E-state index contributed by atoms with van der Waals surface area (Å²) >= 11 is 6.71. The number of rotatable bonds is 2. The zero-order valence-corrected chi connectivity index (χ0v) is 12.6. The fourth-order valence-electron chi connectivity index (χ4n) is 1.63. The van der Waals surface area contributed by atoms with Crippen LogP contribution >= 0.6 is 31.9 Å². The highest BCUT2D eigenvalue weighted by molar-refractivity contribution is 9.10. The number of carbonyl (C=O) groups is 1. The minimum Gasteiger partial charge on any atom is -0.309 e. The van der Waals surface area contributed by atoms with Gasteiger partial charge in [-0.1, -0.05) is 56.1 Å². The van der Waals surface area contributed by atoms with Crippen molar-refractivity contribution in [2.45, 2.75) is 10.5 Å². The van der Waals surface area contributed by atoms with Gasteiger partial charge in [-0.2, -0.15) is 0 Å². The van der Waals surface area contributed by atoms with Gasteiger partial charge in [0, 0.05) is 15.6 Å². The van der Waals surface area contributed by atoms with E-state index in [1.165, 1.54) is 0 Å². The first kappa shape index (κ1) is 13.7. The smallest absolute Gasteiger partial charge is 0.192 e. The lowest BCUT2D eigenvalue weighted by Gasteiger charge is -2.28. The van der Waals surface area contributed by atoms with E-state index in [2.05, 4.69) is 31.9 Å². The summed E-state index contributed by atoms with van der Waals surface area (Å²) in [6.45, 7) is 0. The van der Waals surface area contributed by atoms with Crippen molar-refractivity contribution >= 4 is 37.6 Å². The van der Waals surface area contributed by atoms with E-state index in [-0.39, 0.29) is 10.6 Å². The van der Waals surface area contributed by atoms with Gasteiger partial charge in [0.15, 0.2) is 5.78 Å². The molecule has 1 aliphatic carbocycles. The molecule has 5 heteroatoms. The second kappa shape index (κ2) is 5.09.